The third-order valence-electron chi connectivity index (χ3n) is 4.66. The summed E-state index contributed by atoms with van der Waals surface area (Å²) in [6.45, 7) is 5.92. The van der Waals surface area contributed by atoms with Crippen LogP contribution in [0.15, 0.2) is 24.3 Å². The molecule has 1 heterocycles. The number of hydrogen-bond acceptors (Lipinski definition) is 2. The van der Waals surface area contributed by atoms with Gasteiger partial charge in [0.05, 0.1) is 0 Å². The van der Waals surface area contributed by atoms with Gasteiger partial charge in [-0.1, -0.05) is 56.9 Å². The first-order valence-corrected chi connectivity index (χ1v) is 8.82. The van der Waals surface area contributed by atoms with Crippen LogP contribution in [-0.4, -0.2) is 31.6 Å². The smallest absolute Gasteiger partial charge is 0.0446 e. The topological polar surface area (TPSA) is 15.3 Å². The molecule has 21 heavy (non-hydrogen) atoms. The van der Waals surface area contributed by atoms with Gasteiger partial charge < -0.3 is 10.2 Å². The van der Waals surface area contributed by atoms with Gasteiger partial charge in [0, 0.05) is 12.6 Å². The Bertz CT molecular complexity index is 377. The van der Waals surface area contributed by atoms with Crippen molar-refractivity contribution in [1.82, 2.24) is 10.2 Å². The van der Waals surface area contributed by atoms with Gasteiger partial charge in [-0.2, -0.15) is 0 Å². The second-order valence-corrected chi connectivity index (χ2v) is 6.40. The van der Waals surface area contributed by atoms with E-state index in [4.69, 9.17) is 0 Å². The first-order valence-electron chi connectivity index (χ1n) is 8.82. The first-order chi connectivity index (χ1) is 10.3. The van der Waals surface area contributed by atoms with Crippen LogP contribution in [0.1, 0.15) is 62.6 Å². The fourth-order valence-corrected chi connectivity index (χ4v) is 3.32. The average Bonchev–Trinajstić information content (AvgIpc) is 2.48. The van der Waals surface area contributed by atoms with E-state index in [0.29, 0.717) is 6.04 Å². The van der Waals surface area contributed by atoms with Gasteiger partial charge in [0.1, 0.15) is 0 Å². The first kappa shape index (κ1) is 16.5. The van der Waals surface area contributed by atoms with Crippen molar-refractivity contribution in [3.8, 4) is 0 Å². The zero-order valence-corrected chi connectivity index (χ0v) is 13.9. The highest BCUT2D eigenvalue weighted by Crippen LogP contribution is 2.18. The Morgan fingerprint density at radius 1 is 1.00 bits per heavy atom. The summed E-state index contributed by atoms with van der Waals surface area (Å²) >= 11 is 0. The Morgan fingerprint density at radius 3 is 2.19 bits per heavy atom. The SMILES string of the molecule is CCCc1ccc(C(CN2CCCCCCC2)NC)cc1. The number of likely N-dealkylation sites (tertiary alicyclic amines) is 1. The third kappa shape index (κ3) is 5.44. The van der Waals surface area contributed by atoms with E-state index in [1.54, 1.807) is 0 Å². The minimum atomic E-state index is 0.458. The molecule has 1 aliphatic heterocycles. The molecule has 0 aliphatic carbocycles. The van der Waals surface area contributed by atoms with Crippen molar-refractivity contribution in [1.29, 1.82) is 0 Å². The number of likely N-dealkylation sites (N-methyl/N-ethyl adjacent to an activating group) is 1. The Labute approximate surface area is 130 Å². The van der Waals surface area contributed by atoms with Gasteiger partial charge in [0.2, 0.25) is 0 Å². The lowest BCUT2D eigenvalue weighted by Crippen LogP contribution is -2.35. The zero-order chi connectivity index (χ0) is 14.9. The second kappa shape index (κ2) is 9.22. The van der Waals surface area contributed by atoms with Crippen molar-refractivity contribution < 1.29 is 0 Å². The highest BCUT2D eigenvalue weighted by atomic mass is 15.1. The fourth-order valence-electron chi connectivity index (χ4n) is 3.32. The molecule has 1 aromatic carbocycles. The maximum absolute atomic E-state index is 3.51. The van der Waals surface area contributed by atoms with Crippen LogP contribution in [0.2, 0.25) is 0 Å². The van der Waals surface area contributed by atoms with Crippen molar-refractivity contribution in [2.45, 2.75) is 57.9 Å². The standard InChI is InChI=1S/C19H32N2/c1-3-9-17-10-12-18(13-11-17)19(20-2)16-21-14-7-5-4-6-8-15-21/h10-13,19-20H,3-9,14-16H2,1-2H3. The lowest BCUT2D eigenvalue weighted by atomic mass is 10.0. The number of nitrogens with zero attached hydrogens (tertiary/aromatic N) is 1. The molecule has 0 aromatic heterocycles. The largest absolute Gasteiger partial charge is 0.312 e. The quantitative estimate of drug-likeness (QED) is 0.845. The lowest BCUT2D eigenvalue weighted by Gasteiger charge is -2.29. The van der Waals surface area contributed by atoms with Gasteiger partial charge in [0.25, 0.3) is 0 Å². The van der Waals surface area contributed by atoms with E-state index in [9.17, 15) is 0 Å². The van der Waals surface area contributed by atoms with Crippen LogP contribution in [0.5, 0.6) is 0 Å². The van der Waals surface area contributed by atoms with Crippen LogP contribution in [0.4, 0.5) is 0 Å². The van der Waals surface area contributed by atoms with E-state index in [-0.39, 0.29) is 0 Å². The third-order valence-corrected chi connectivity index (χ3v) is 4.66. The summed E-state index contributed by atoms with van der Waals surface area (Å²) in [5, 5.41) is 3.51. The highest BCUT2D eigenvalue weighted by Gasteiger charge is 2.15. The molecular weight excluding hydrogens is 256 g/mol. The summed E-state index contributed by atoms with van der Waals surface area (Å²) in [5.74, 6) is 0. The summed E-state index contributed by atoms with van der Waals surface area (Å²) in [4.78, 5) is 2.65. The Hall–Kier alpha value is -0.860. The van der Waals surface area contributed by atoms with Crippen molar-refractivity contribution in [2.75, 3.05) is 26.7 Å². The number of aryl methyl sites for hydroxylation is 1. The fraction of sp³-hybridized carbons (Fsp3) is 0.684. The zero-order valence-electron chi connectivity index (χ0n) is 13.9. The van der Waals surface area contributed by atoms with E-state index < -0.39 is 0 Å². The summed E-state index contributed by atoms with van der Waals surface area (Å²) in [7, 11) is 2.09. The predicted octanol–water partition coefficient (Wildman–Crippen LogP) is 4.17. The summed E-state index contributed by atoms with van der Waals surface area (Å²) in [5.41, 5.74) is 2.89. The molecular formula is C19H32N2. The molecule has 2 rings (SSSR count). The van der Waals surface area contributed by atoms with E-state index in [1.807, 2.05) is 0 Å². The van der Waals surface area contributed by atoms with E-state index in [2.05, 4.69) is 48.5 Å². The van der Waals surface area contributed by atoms with Crippen LogP contribution in [0.25, 0.3) is 0 Å². The molecule has 1 atom stereocenters. The number of hydrogen-bond donors (Lipinski definition) is 1. The summed E-state index contributed by atoms with van der Waals surface area (Å²) < 4.78 is 0. The predicted molar refractivity (Wildman–Crippen MR) is 91.8 cm³/mol. The van der Waals surface area contributed by atoms with Gasteiger partial charge in [-0.3, -0.25) is 0 Å². The molecule has 1 N–H and O–H groups in total. The van der Waals surface area contributed by atoms with Crippen LogP contribution in [-0.2, 0) is 6.42 Å². The van der Waals surface area contributed by atoms with Crippen molar-refractivity contribution in [3.63, 3.8) is 0 Å². The summed E-state index contributed by atoms with van der Waals surface area (Å²) in [6, 6.07) is 9.69. The van der Waals surface area contributed by atoms with Crippen LogP contribution < -0.4 is 5.32 Å². The van der Waals surface area contributed by atoms with E-state index in [1.165, 1.54) is 69.2 Å². The molecule has 0 saturated carbocycles. The monoisotopic (exact) mass is 288 g/mol. The average molecular weight is 288 g/mol. The molecule has 1 aliphatic rings. The van der Waals surface area contributed by atoms with Crippen molar-refractivity contribution >= 4 is 0 Å². The lowest BCUT2D eigenvalue weighted by molar-refractivity contribution is 0.225. The maximum atomic E-state index is 3.51. The van der Waals surface area contributed by atoms with Gasteiger partial charge in [-0.05, 0) is 50.5 Å². The van der Waals surface area contributed by atoms with Gasteiger partial charge in [0.15, 0.2) is 0 Å². The molecule has 0 bridgehead atoms. The number of benzene rings is 1. The van der Waals surface area contributed by atoms with Crippen molar-refractivity contribution in [2.24, 2.45) is 0 Å². The molecule has 118 valence electrons. The Morgan fingerprint density at radius 2 is 1.62 bits per heavy atom. The van der Waals surface area contributed by atoms with Crippen molar-refractivity contribution in [3.05, 3.63) is 35.4 Å². The minimum Gasteiger partial charge on any atom is -0.312 e. The Balaban J connectivity index is 1.94. The molecule has 2 nitrogen and oxygen atoms in total. The van der Waals surface area contributed by atoms with E-state index >= 15 is 0 Å². The van der Waals surface area contributed by atoms with Crippen LogP contribution in [0, 0.1) is 0 Å². The molecule has 0 radical (unpaired) electrons. The highest BCUT2D eigenvalue weighted by molar-refractivity contribution is 5.25. The van der Waals surface area contributed by atoms with Gasteiger partial charge in [-0.25, -0.2) is 0 Å². The van der Waals surface area contributed by atoms with Gasteiger partial charge in [-0.15, -0.1) is 0 Å². The molecule has 1 saturated heterocycles. The second-order valence-electron chi connectivity index (χ2n) is 6.40. The molecule has 1 fully saturated rings. The number of rotatable bonds is 6. The maximum Gasteiger partial charge on any atom is 0.0446 e. The minimum absolute atomic E-state index is 0.458. The molecule has 0 spiro atoms. The molecule has 1 unspecified atom stereocenters. The van der Waals surface area contributed by atoms with E-state index in [0.717, 1.165) is 6.54 Å². The molecule has 2 heteroatoms. The number of nitrogens with one attached hydrogen (secondary N) is 1. The molecule has 0 amide bonds. The molecule has 1 aromatic rings. The Kier molecular flexibility index (Phi) is 7.25. The summed E-state index contributed by atoms with van der Waals surface area (Å²) in [6.07, 6.45) is 9.40. The van der Waals surface area contributed by atoms with Crippen LogP contribution >= 0.6 is 0 Å². The normalized spacial score (nSPS) is 19.0. The van der Waals surface area contributed by atoms with Crippen LogP contribution in [0.3, 0.4) is 0 Å². The van der Waals surface area contributed by atoms with Gasteiger partial charge >= 0.3 is 0 Å².